The lowest BCUT2D eigenvalue weighted by Crippen LogP contribution is -3.61. The minimum Gasteiger partial charge on any atom is -0.0654 e. The van der Waals surface area contributed by atoms with Crippen LogP contribution in [0.5, 0.6) is 0 Å². The first-order chi connectivity index (χ1) is 17.3. The second-order valence-corrected chi connectivity index (χ2v) is 13.5. The molecule has 0 N–H and O–H groups in total. The van der Waals surface area contributed by atoms with Crippen molar-refractivity contribution >= 4 is 0 Å². The van der Waals surface area contributed by atoms with Crippen LogP contribution in [0.1, 0.15) is 141 Å². The van der Waals surface area contributed by atoms with Gasteiger partial charge in [-0.1, -0.05) is 141 Å². The molecule has 1 heteroatoms. The molecule has 0 bridgehead atoms. The smallest absolute Gasteiger partial charge is 0.0654 e. The summed E-state index contributed by atoms with van der Waals surface area (Å²) in [5, 5.41) is 0. The van der Waals surface area contributed by atoms with Crippen molar-refractivity contribution in [1.29, 1.82) is 0 Å². The topological polar surface area (TPSA) is 0 Å². The van der Waals surface area contributed by atoms with Gasteiger partial charge < -0.3 is 0 Å². The van der Waals surface area contributed by atoms with Crippen LogP contribution in [0.25, 0.3) is 0 Å². The molecule has 0 aliphatic rings. The Morgan fingerprint density at radius 2 is 0.657 bits per heavy atom. The number of unbranched alkanes of at least 4 members (excludes halogenated alkanes) is 16. The molecule has 0 saturated heterocycles. The first-order valence-corrected chi connectivity index (χ1v) is 17.3. The average molecular weight is 590 g/mol. The van der Waals surface area contributed by atoms with E-state index in [2.05, 4.69) is 62.4 Å². The van der Waals surface area contributed by atoms with Crippen LogP contribution in [-0.4, -0.2) is 0 Å². The lowest BCUT2D eigenvalue weighted by Gasteiger charge is -2.03. The summed E-state index contributed by atoms with van der Waals surface area (Å²) in [6.07, 6.45) is 27.9. The fourth-order valence-corrected chi connectivity index (χ4v) is 6.99. The van der Waals surface area contributed by atoms with Crippen molar-refractivity contribution in [3.05, 3.63) is 66.8 Å². The van der Waals surface area contributed by atoms with Crippen molar-refractivity contribution in [2.75, 3.05) is 0 Å². The molecule has 35 heavy (non-hydrogen) atoms. The van der Waals surface area contributed by atoms with E-state index in [9.17, 15) is 0 Å². The van der Waals surface area contributed by atoms with Crippen molar-refractivity contribution in [3.8, 4) is 0 Å². The van der Waals surface area contributed by atoms with E-state index in [0.29, 0.717) is 0 Å². The molecule has 0 heterocycles. The zero-order valence-corrected chi connectivity index (χ0v) is 25.3. The van der Waals surface area contributed by atoms with E-state index in [4.69, 9.17) is 0 Å². The number of aryl methyl sites for hydroxylation is 2. The first kappa shape index (κ1) is 30.4. The molecule has 0 aliphatic heterocycles. The summed E-state index contributed by atoms with van der Waals surface area (Å²) in [5.74, 6) is 0. The van der Waals surface area contributed by atoms with E-state index in [1.54, 1.807) is 7.14 Å². The standard InChI is InChI=1S/C34H54I/c1-3-5-7-9-11-13-14-16-18-20-22-32-25-29-34(30-26-32)35-33-27-23-31(24-28-33)21-19-17-15-12-10-8-6-4-2/h23-30H,3-22H2,1-2H3/q+1. The summed E-state index contributed by atoms with van der Waals surface area (Å²) in [4.78, 5) is 0. The normalized spacial score (nSPS) is 11.3. The summed E-state index contributed by atoms with van der Waals surface area (Å²) < 4.78 is 3.09. The maximum atomic E-state index is 2.40. The van der Waals surface area contributed by atoms with Crippen LogP contribution in [0, 0.1) is 7.14 Å². The van der Waals surface area contributed by atoms with Gasteiger partial charge in [0.15, 0.2) is 7.14 Å². The van der Waals surface area contributed by atoms with Crippen LogP contribution >= 0.6 is 0 Å². The SMILES string of the molecule is CCCCCCCCCCCCc1ccc([I+]c2ccc(CCCCCCCCCC)cc2)cc1. The van der Waals surface area contributed by atoms with Gasteiger partial charge in [0.1, 0.15) is 0 Å². The Bertz CT molecular complexity index is 715. The third-order valence-corrected chi connectivity index (χ3v) is 9.87. The Morgan fingerprint density at radius 1 is 0.371 bits per heavy atom. The molecular weight excluding hydrogens is 535 g/mol. The van der Waals surface area contributed by atoms with Crippen LogP contribution < -0.4 is 21.2 Å². The highest BCUT2D eigenvalue weighted by Gasteiger charge is 2.15. The average Bonchev–Trinajstić information content (AvgIpc) is 2.88. The van der Waals surface area contributed by atoms with E-state index < -0.39 is 0 Å². The van der Waals surface area contributed by atoms with Gasteiger partial charge in [0.05, 0.1) is 0 Å². The molecule has 2 rings (SSSR count). The van der Waals surface area contributed by atoms with Crippen LogP contribution in [0.15, 0.2) is 48.5 Å². The Kier molecular flexibility index (Phi) is 18.5. The summed E-state index contributed by atoms with van der Waals surface area (Å²) in [5.41, 5.74) is 3.05. The Labute approximate surface area is 229 Å². The summed E-state index contributed by atoms with van der Waals surface area (Å²) in [6.45, 7) is 4.59. The van der Waals surface area contributed by atoms with Gasteiger partial charge in [0.25, 0.3) is 0 Å². The summed E-state index contributed by atoms with van der Waals surface area (Å²) in [7, 11) is 0. The highest BCUT2D eigenvalue weighted by Crippen LogP contribution is 2.13. The number of halogens is 1. The Balaban J connectivity index is 1.54. The third kappa shape index (κ3) is 15.8. The van der Waals surface area contributed by atoms with Gasteiger partial charge in [0.2, 0.25) is 0 Å². The Morgan fingerprint density at radius 3 is 0.971 bits per heavy atom. The van der Waals surface area contributed by atoms with Gasteiger partial charge in [-0.15, -0.1) is 0 Å². The van der Waals surface area contributed by atoms with E-state index in [0.717, 1.165) is 0 Å². The number of hydrogen-bond donors (Lipinski definition) is 0. The molecule has 196 valence electrons. The molecule has 0 fully saturated rings. The highest BCUT2D eigenvalue weighted by molar-refractivity contribution is 5.16. The molecule has 2 aromatic rings. The van der Waals surface area contributed by atoms with Crippen molar-refractivity contribution in [2.45, 2.75) is 142 Å². The maximum Gasteiger partial charge on any atom is 0.357 e. The minimum atomic E-state index is -0.0546. The van der Waals surface area contributed by atoms with Crippen molar-refractivity contribution < 1.29 is 21.2 Å². The minimum absolute atomic E-state index is 0.0546. The van der Waals surface area contributed by atoms with Gasteiger partial charge >= 0.3 is 21.2 Å². The molecule has 0 radical (unpaired) electrons. The van der Waals surface area contributed by atoms with Gasteiger partial charge in [0, 0.05) is 0 Å². The Hall–Kier alpha value is -0.830. The zero-order valence-electron chi connectivity index (χ0n) is 23.1. The maximum absolute atomic E-state index is 2.40. The van der Waals surface area contributed by atoms with E-state index in [1.165, 1.54) is 140 Å². The summed E-state index contributed by atoms with van der Waals surface area (Å²) in [6, 6.07) is 19.1. The second-order valence-electron chi connectivity index (χ2n) is 10.5. The predicted molar refractivity (Wildman–Crippen MR) is 152 cm³/mol. The molecule has 0 aliphatic carbocycles. The van der Waals surface area contributed by atoms with Gasteiger partial charge in [-0.25, -0.2) is 0 Å². The highest BCUT2D eigenvalue weighted by atomic mass is 127. The number of benzene rings is 2. The third-order valence-electron chi connectivity index (χ3n) is 7.18. The van der Waals surface area contributed by atoms with Gasteiger partial charge in [-0.3, -0.25) is 0 Å². The van der Waals surface area contributed by atoms with Crippen LogP contribution in [0.4, 0.5) is 0 Å². The molecule has 0 saturated carbocycles. The largest absolute Gasteiger partial charge is 0.357 e. The quantitative estimate of drug-likeness (QED) is 0.0966. The van der Waals surface area contributed by atoms with Crippen LogP contribution in [0.3, 0.4) is 0 Å². The van der Waals surface area contributed by atoms with Crippen LogP contribution in [-0.2, 0) is 12.8 Å². The van der Waals surface area contributed by atoms with E-state index >= 15 is 0 Å². The van der Waals surface area contributed by atoms with Crippen molar-refractivity contribution in [3.63, 3.8) is 0 Å². The molecule has 0 spiro atoms. The second kappa shape index (κ2) is 21.3. The first-order valence-electron chi connectivity index (χ1n) is 15.1. The van der Waals surface area contributed by atoms with Crippen molar-refractivity contribution in [1.82, 2.24) is 0 Å². The molecule has 0 atom stereocenters. The molecule has 0 nitrogen and oxygen atoms in total. The molecule has 2 aromatic carbocycles. The number of rotatable bonds is 22. The fourth-order valence-electron chi connectivity index (χ4n) is 4.83. The lowest BCUT2D eigenvalue weighted by molar-refractivity contribution is -0.597. The number of hydrogen-bond acceptors (Lipinski definition) is 0. The summed E-state index contributed by atoms with van der Waals surface area (Å²) >= 11 is -0.0546. The van der Waals surface area contributed by atoms with E-state index in [1.807, 2.05) is 0 Å². The van der Waals surface area contributed by atoms with Crippen molar-refractivity contribution in [2.24, 2.45) is 0 Å². The molecule has 0 amide bonds. The molecule has 0 unspecified atom stereocenters. The monoisotopic (exact) mass is 589 g/mol. The lowest BCUT2D eigenvalue weighted by atomic mass is 10.0. The van der Waals surface area contributed by atoms with E-state index in [-0.39, 0.29) is 21.2 Å². The zero-order chi connectivity index (χ0) is 24.8. The van der Waals surface area contributed by atoms with Gasteiger partial charge in [-0.2, -0.15) is 0 Å². The molecular formula is C34H54I+. The fraction of sp³-hybridized carbons (Fsp3) is 0.647. The molecule has 0 aromatic heterocycles. The van der Waals surface area contributed by atoms with Crippen LogP contribution in [0.2, 0.25) is 0 Å². The predicted octanol–water partition coefficient (Wildman–Crippen LogP) is 7.96. The van der Waals surface area contributed by atoms with Gasteiger partial charge in [-0.05, 0) is 61.1 Å².